The van der Waals surface area contributed by atoms with Gasteiger partial charge in [-0.25, -0.2) is 9.59 Å². The molecular weight excluding hydrogens is 328 g/mol. The first-order valence-corrected chi connectivity index (χ1v) is 6.54. The van der Waals surface area contributed by atoms with E-state index in [0.717, 1.165) is 0 Å². The quantitative estimate of drug-likeness (QED) is 0.261. The van der Waals surface area contributed by atoms with Crippen LogP contribution < -0.4 is 22.1 Å². The van der Waals surface area contributed by atoms with E-state index < -0.39 is 30.7 Å². The van der Waals surface area contributed by atoms with Gasteiger partial charge >= 0.3 is 12.0 Å². The number of urea groups is 1. The average molecular weight is 348 g/mol. The summed E-state index contributed by atoms with van der Waals surface area (Å²) >= 11 is 0. The molecule has 0 aliphatic rings. The molecule has 0 saturated carbocycles. The Morgan fingerprint density at radius 1 is 1.29 bits per heavy atom. The van der Waals surface area contributed by atoms with Crippen molar-refractivity contribution in [3.05, 3.63) is 11.7 Å². The van der Waals surface area contributed by atoms with Gasteiger partial charge in [0.2, 0.25) is 11.8 Å². The van der Waals surface area contributed by atoms with Crippen LogP contribution >= 0.6 is 0 Å². The highest BCUT2D eigenvalue weighted by Crippen LogP contribution is 2.04. The van der Waals surface area contributed by atoms with Gasteiger partial charge in [-0.3, -0.25) is 4.79 Å². The summed E-state index contributed by atoms with van der Waals surface area (Å²) in [5.74, 6) is -1.57. The van der Waals surface area contributed by atoms with E-state index in [9.17, 15) is 14.4 Å². The SMILES string of the molecule is CC(N)=O.NC(CO)c1noc(CNC(=O)N[C@@H](CO)C(=O)O)n1. The standard InChI is InChI=1S/C9H15N5O6.C2H5NO/c10-4(2-15)7-13-6(20-14-7)1-11-9(19)12-5(3-16)8(17)18;1-2(3)4/h4-5,15-16H,1-3,10H2,(H,17,18)(H2,11,12,19);1H3,(H2,3,4)/t4?,5-;/m0./s1. The van der Waals surface area contributed by atoms with Crippen LogP contribution in [0.25, 0.3) is 0 Å². The van der Waals surface area contributed by atoms with E-state index in [2.05, 4.69) is 21.2 Å². The Bertz CT molecular complexity index is 545. The van der Waals surface area contributed by atoms with Gasteiger partial charge in [0, 0.05) is 6.92 Å². The van der Waals surface area contributed by atoms with Crippen molar-refractivity contribution in [3.8, 4) is 0 Å². The van der Waals surface area contributed by atoms with Crippen LogP contribution in [0.2, 0.25) is 0 Å². The molecule has 3 amide bonds. The van der Waals surface area contributed by atoms with Crippen molar-refractivity contribution in [1.29, 1.82) is 0 Å². The van der Waals surface area contributed by atoms with E-state index in [4.69, 9.17) is 25.6 Å². The van der Waals surface area contributed by atoms with Gasteiger partial charge in [-0.05, 0) is 0 Å². The molecular formula is C11H20N6O7. The van der Waals surface area contributed by atoms with Crippen LogP contribution in [0.1, 0.15) is 24.7 Å². The number of amides is 3. The molecule has 0 bridgehead atoms. The second-order valence-electron chi connectivity index (χ2n) is 4.35. The lowest BCUT2D eigenvalue weighted by molar-refractivity contribution is -0.140. The highest BCUT2D eigenvalue weighted by Gasteiger charge is 2.19. The molecule has 0 radical (unpaired) electrons. The Labute approximate surface area is 136 Å². The number of carboxylic acids is 1. The number of nitrogens with one attached hydrogen (secondary N) is 2. The van der Waals surface area contributed by atoms with Crippen molar-refractivity contribution < 1.29 is 34.2 Å². The molecule has 9 N–H and O–H groups in total. The molecule has 0 saturated heterocycles. The summed E-state index contributed by atoms with van der Waals surface area (Å²) in [6.07, 6.45) is 0. The summed E-state index contributed by atoms with van der Waals surface area (Å²) in [5, 5.41) is 33.9. The second-order valence-corrected chi connectivity index (χ2v) is 4.35. The molecule has 1 aromatic rings. The lowest BCUT2D eigenvalue weighted by Crippen LogP contribution is -2.47. The predicted molar refractivity (Wildman–Crippen MR) is 77.1 cm³/mol. The van der Waals surface area contributed by atoms with Gasteiger partial charge in [-0.2, -0.15) is 4.98 Å². The number of hydrogen-bond acceptors (Lipinski definition) is 9. The van der Waals surface area contributed by atoms with Crippen molar-refractivity contribution in [2.24, 2.45) is 11.5 Å². The van der Waals surface area contributed by atoms with Crippen molar-refractivity contribution in [1.82, 2.24) is 20.8 Å². The van der Waals surface area contributed by atoms with Crippen LogP contribution in [0, 0.1) is 0 Å². The molecule has 0 fully saturated rings. The van der Waals surface area contributed by atoms with Gasteiger partial charge in [0.15, 0.2) is 11.9 Å². The molecule has 0 aromatic carbocycles. The number of nitrogens with zero attached hydrogens (tertiary/aromatic N) is 2. The van der Waals surface area contributed by atoms with Crippen LogP contribution in [0.15, 0.2) is 4.52 Å². The third-order valence-electron chi connectivity index (χ3n) is 2.20. The zero-order valence-electron chi connectivity index (χ0n) is 12.8. The average Bonchev–Trinajstić information content (AvgIpc) is 2.97. The first-order chi connectivity index (χ1) is 11.2. The Kier molecular flexibility index (Phi) is 9.62. The van der Waals surface area contributed by atoms with E-state index in [1.54, 1.807) is 0 Å². The summed E-state index contributed by atoms with van der Waals surface area (Å²) in [4.78, 5) is 34.9. The number of aliphatic hydroxyl groups excluding tert-OH is 2. The van der Waals surface area contributed by atoms with E-state index in [1.807, 2.05) is 5.32 Å². The molecule has 2 atom stereocenters. The van der Waals surface area contributed by atoms with Crippen molar-refractivity contribution >= 4 is 17.9 Å². The van der Waals surface area contributed by atoms with E-state index >= 15 is 0 Å². The number of carboxylic acid groups (broad SMARTS) is 1. The maximum absolute atomic E-state index is 11.3. The molecule has 1 heterocycles. The molecule has 24 heavy (non-hydrogen) atoms. The summed E-state index contributed by atoms with van der Waals surface area (Å²) in [6, 6.07) is -3.01. The van der Waals surface area contributed by atoms with Gasteiger partial charge in [0.1, 0.15) is 0 Å². The van der Waals surface area contributed by atoms with Crippen LogP contribution in [0.3, 0.4) is 0 Å². The minimum Gasteiger partial charge on any atom is -0.480 e. The normalized spacial score (nSPS) is 12.3. The smallest absolute Gasteiger partial charge is 0.328 e. The molecule has 0 aliphatic carbocycles. The van der Waals surface area contributed by atoms with Crippen molar-refractivity contribution in [3.63, 3.8) is 0 Å². The topological polar surface area (TPSA) is 227 Å². The Morgan fingerprint density at radius 3 is 2.33 bits per heavy atom. The van der Waals surface area contributed by atoms with Gasteiger partial charge in [-0.15, -0.1) is 0 Å². The van der Waals surface area contributed by atoms with Crippen molar-refractivity contribution in [2.75, 3.05) is 13.2 Å². The van der Waals surface area contributed by atoms with Gasteiger partial charge in [-0.1, -0.05) is 5.16 Å². The fraction of sp³-hybridized carbons (Fsp3) is 0.545. The first kappa shape index (κ1) is 21.2. The van der Waals surface area contributed by atoms with Crippen LogP contribution in [-0.2, 0) is 16.1 Å². The molecule has 0 spiro atoms. The number of carbonyl (C=O) groups is 3. The largest absolute Gasteiger partial charge is 0.480 e. The predicted octanol–water partition coefficient (Wildman–Crippen LogP) is -3.20. The van der Waals surface area contributed by atoms with E-state index in [-0.39, 0.29) is 30.8 Å². The van der Waals surface area contributed by atoms with Crippen LogP contribution in [0.4, 0.5) is 4.79 Å². The van der Waals surface area contributed by atoms with Gasteiger partial charge < -0.3 is 41.9 Å². The van der Waals surface area contributed by atoms with Gasteiger partial charge in [0.05, 0.1) is 25.8 Å². The van der Waals surface area contributed by atoms with Crippen LogP contribution in [-0.4, -0.2) is 62.6 Å². The number of hydrogen-bond donors (Lipinski definition) is 7. The molecule has 136 valence electrons. The molecule has 1 aromatic heterocycles. The van der Waals surface area contributed by atoms with Gasteiger partial charge in [0.25, 0.3) is 0 Å². The fourth-order valence-electron chi connectivity index (χ4n) is 1.12. The molecule has 13 heteroatoms. The minimum absolute atomic E-state index is 0.0370. The Balaban J connectivity index is 0.00000118. The van der Waals surface area contributed by atoms with Crippen molar-refractivity contribution in [2.45, 2.75) is 25.6 Å². The summed E-state index contributed by atoms with van der Waals surface area (Å²) < 4.78 is 4.76. The number of aliphatic hydroxyl groups is 2. The summed E-state index contributed by atoms with van der Waals surface area (Å²) in [5.41, 5.74) is 9.93. The monoisotopic (exact) mass is 348 g/mol. The number of primary amides is 1. The first-order valence-electron chi connectivity index (χ1n) is 6.54. The zero-order valence-corrected chi connectivity index (χ0v) is 12.8. The molecule has 1 rings (SSSR count). The lowest BCUT2D eigenvalue weighted by atomic mass is 10.3. The summed E-state index contributed by atoms with van der Waals surface area (Å²) in [6.45, 7) is 0.0528. The number of aliphatic carboxylic acids is 1. The third-order valence-corrected chi connectivity index (χ3v) is 2.20. The Hall–Kier alpha value is -2.77. The highest BCUT2D eigenvalue weighted by molar-refractivity contribution is 5.82. The zero-order chi connectivity index (χ0) is 18.7. The van der Waals surface area contributed by atoms with Crippen LogP contribution in [0.5, 0.6) is 0 Å². The van der Waals surface area contributed by atoms with E-state index in [0.29, 0.717) is 0 Å². The molecule has 1 unspecified atom stereocenters. The molecule has 0 aliphatic heterocycles. The highest BCUT2D eigenvalue weighted by atomic mass is 16.5. The molecule has 13 nitrogen and oxygen atoms in total. The third kappa shape index (κ3) is 8.62. The Morgan fingerprint density at radius 2 is 1.88 bits per heavy atom. The lowest BCUT2D eigenvalue weighted by Gasteiger charge is -2.11. The second kappa shape index (κ2) is 10.9. The number of aromatic nitrogens is 2. The number of nitrogens with two attached hydrogens (primary N) is 2. The summed E-state index contributed by atoms with van der Waals surface area (Å²) in [7, 11) is 0. The maximum Gasteiger partial charge on any atom is 0.328 e. The minimum atomic E-state index is -1.41. The number of carbonyl (C=O) groups excluding carboxylic acids is 2. The fourth-order valence-corrected chi connectivity index (χ4v) is 1.12. The maximum atomic E-state index is 11.3. The van der Waals surface area contributed by atoms with E-state index in [1.165, 1.54) is 6.92 Å². The number of rotatable bonds is 7.